The topological polar surface area (TPSA) is 42.0 Å². The summed E-state index contributed by atoms with van der Waals surface area (Å²) >= 11 is 0. The molecule has 2 aromatic rings. The highest BCUT2D eigenvalue weighted by molar-refractivity contribution is 6.02. The molecule has 3 nitrogen and oxygen atoms in total. The summed E-state index contributed by atoms with van der Waals surface area (Å²) in [5, 5.41) is 2.37. The number of pyridine rings is 1. The van der Waals surface area contributed by atoms with Gasteiger partial charge in [0.2, 0.25) is 0 Å². The van der Waals surface area contributed by atoms with Gasteiger partial charge in [0.15, 0.2) is 0 Å². The van der Waals surface area contributed by atoms with Gasteiger partial charge in [-0.2, -0.15) is 13.2 Å². The van der Waals surface area contributed by atoms with Crippen LogP contribution >= 0.6 is 0 Å². The largest absolute Gasteiger partial charge is 0.416 e. The second-order valence-corrected chi connectivity index (χ2v) is 3.75. The highest BCUT2D eigenvalue weighted by Gasteiger charge is 2.30. The van der Waals surface area contributed by atoms with Gasteiger partial charge in [0.25, 0.3) is 5.91 Å². The molecule has 0 saturated heterocycles. The fourth-order valence-corrected chi connectivity index (χ4v) is 1.47. The van der Waals surface area contributed by atoms with Gasteiger partial charge >= 0.3 is 6.18 Å². The van der Waals surface area contributed by atoms with E-state index in [0.717, 1.165) is 12.1 Å². The number of hydrogen-bond acceptors (Lipinski definition) is 2. The van der Waals surface area contributed by atoms with Crippen molar-refractivity contribution in [1.29, 1.82) is 0 Å². The fourth-order valence-electron chi connectivity index (χ4n) is 1.47. The average molecular weight is 266 g/mol. The first-order chi connectivity index (χ1) is 8.97. The van der Waals surface area contributed by atoms with Crippen molar-refractivity contribution >= 4 is 11.6 Å². The molecule has 0 unspecified atom stereocenters. The molecule has 0 saturated carbocycles. The van der Waals surface area contributed by atoms with Crippen LogP contribution in [0.2, 0.25) is 0 Å². The molecule has 0 atom stereocenters. The summed E-state index contributed by atoms with van der Waals surface area (Å²) in [6.45, 7) is 0. The Kier molecular flexibility index (Phi) is 3.50. The monoisotopic (exact) mass is 266 g/mol. The minimum absolute atomic E-state index is 0.0745. The Labute approximate surface area is 107 Å². The van der Waals surface area contributed by atoms with Gasteiger partial charge in [-0.15, -0.1) is 0 Å². The molecule has 0 radical (unpaired) electrons. The lowest BCUT2D eigenvalue weighted by Crippen LogP contribution is -2.14. The number of benzene rings is 1. The van der Waals surface area contributed by atoms with E-state index in [-0.39, 0.29) is 11.4 Å². The summed E-state index contributed by atoms with van der Waals surface area (Å²) in [6.07, 6.45) is -3.01. The summed E-state index contributed by atoms with van der Waals surface area (Å²) < 4.78 is 37.5. The lowest BCUT2D eigenvalue weighted by atomic mass is 10.2. The maximum atomic E-state index is 12.5. The van der Waals surface area contributed by atoms with Gasteiger partial charge in [-0.05, 0) is 30.3 Å². The van der Waals surface area contributed by atoms with Gasteiger partial charge in [-0.1, -0.05) is 12.1 Å². The number of nitrogens with zero attached hydrogens (tertiary/aromatic N) is 1. The molecule has 0 aliphatic heterocycles. The highest BCUT2D eigenvalue weighted by Crippen LogP contribution is 2.30. The van der Waals surface area contributed by atoms with Crippen molar-refractivity contribution < 1.29 is 18.0 Å². The molecular weight excluding hydrogens is 257 g/mol. The number of nitrogens with one attached hydrogen (secondary N) is 1. The molecule has 6 heteroatoms. The van der Waals surface area contributed by atoms with E-state index in [1.807, 2.05) is 0 Å². The van der Waals surface area contributed by atoms with E-state index in [0.29, 0.717) is 0 Å². The highest BCUT2D eigenvalue weighted by atomic mass is 19.4. The lowest BCUT2D eigenvalue weighted by Gasteiger charge is -2.09. The van der Waals surface area contributed by atoms with E-state index < -0.39 is 17.6 Å². The number of anilines is 1. The Morgan fingerprint density at radius 1 is 1.11 bits per heavy atom. The quantitative estimate of drug-likeness (QED) is 0.905. The van der Waals surface area contributed by atoms with Gasteiger partial charge in [0, 0.05) is 11.9 Å². The average Bonchev–Trinajstić information content (AvgIpc) is 2.39. The zero-order valence-electron chi connectivity index (χ0n) is 9.61. The predicted molar refractivity (Wildman–Crippen MR) is 63.6 cm³/mol. The first kappa shape index (κ1) is 13.1. The van der Waals surface area contributed by atoms with Crippen molar-refractivity contribution in [3.8, 4) is 0 Å². The first-order valence-electron chi connectivity index (χ1n) is 5.36. The van der Waals surface area contributed by atoms with Crippen LogP contribution < -0.4 is 5.32 Å². The molecule has 1 amide bonds. The summed E-state index contributed by atoms with van der Waals surface area (Å²) in [6, 6.07) is 9.17. The predicted octanol–water partition coefficient (Wildman–Crippen LogP) is 3.35. The molecule has 0 aliphatic rings. The molecule has 1 heterocycles. The second kappa shape index (κ2) is 5.09. The van der Waals surface area contributed by atoms with Crippen LogP contribution in [0.3, 0.4) is 0 Å². The Bertz CT molecular complexity index is 582. The van der Waals surface area contributed by atoms with E-state index >= 15 is 0 Å². The lowest BCUT2D eigenvalue weighted by molar-refractivity contribution is -0.137. The molecule has 1 aromatic carbocycles. The van der Waals surface area contributed by atoms with E-state index in [1.54, 1.807) is 12.1 Å². The van der Waals surface area contributed by atoms with Gasteiger partial charge in [0.05, 0.1) is 5.56 Å². The van der Waals surface area contributed by atoms with Crippen LogP contribution in [-0.2, 0) is 6.18 Å². The third-order valence-corrected chi connectivity index (χ3v) is 2.35. The Hall–Kier alpha value is -2.37. The molecule has 98 valence electrons. The van der Waals surface area contributed by atoms with Crippen LogP contribution in [0.4, 0.5) is 18.9 Å². The number of halogens is 3. The number of alkyl halides is 3. The molecule has 2 rings (SSSR count). The third-order valence-electron chi connectivity index (χ3n) is 2.35. The van der Waals surface area contributed by atoms with Gasteiger partial charge in [-0.25, -0.2) is 0 Å². The number of amides is 1. The van der Waals surface area contributed by atoms with E-state index in [1.165, 1.54) is 24.4 Å². The fraction of sp³-hybridized carbons (Fsp3) is 0.0769. The molecule has 0 bridgehead atoms. The first-order valence-corrected chi connectivity index (χ1v) is 5.36. The number of hydrogen-bond donors (Lipinski definition) is 1. The van der Waals surface area contributed by atoms with Crippen LogP contribution in [0.1, 0.15) is 16.1 Å². The standard InChI is InChI=1S/C13H9F3N2O/c14-13(15,16)9-4-3-5-10(8-9)18-12(19)11-6-1-2-7-17-11/h1-8H,(H,18,19). The third kappa shape index (κ3) is 3.31. The molecular formula is C13H9F3N2O. The zero-order valence-corrected chi connectivity index (χ0v) is 9.61. The minimum Gasteiger partial charge on any atom is -0.321 e. The molecule has 0 spiro atoms. The van der Waals surface area contributed by atoms with Gasteiger partial charge in [0.1, 0.15) is 5.69 Å². The maximum Gasteiger partial charge on any atom is 0.416 e. The molecule has 0 aliphatic carbocycles. The van der Waals surface area contributed by atoms with Crippen molar-refractivity contribution in [2.75, 3.05) is 5.32 Å². The molecule has 0 fully saturated rings. The number of rotatable bonds is 2. The summed E-state index contributed by atoms with van der Waals surface area (Å²) in [4.78, 5) is 15.5. The smallest absolute Gasteiger partial charge is 0.321 e. The minimum atomic E-state index is -4.44. The maximum absolute atomic E-state index is 12.5. The Balaban J connectivity index is 2.18. The summed E-state index contributed by atoms with van der Waals surface area (Å²) in [7, 11) is 0. The molecule has 19 heavy (non-hydrogen) atoms. The van der Waals surface area contributed by atoms with Crippen molar-refractivity contribution in [2.45, 2.75) is 6.18 Å². The van der Waals surface area contributed by atoms with Crippen LogP contribution in [0.5, 0.6) is 0 Å². The van der Waals surface area contributed by atoms with Crippen LogP contribution in [-0.4, -0.2) is 10.9 Å². The van der Waals surface area contributed by atoms with Crippen LogP contribution in [0.25, 0.3) is 0 Å². The van der Waals surface area contributed by atoms with Gasteiger partial charge in [-0.3, -0.25) is 9.78 Å². The second-order valence-electron chi connectivity index (χ2n) is 3.75. The summed E-state index contributed by atoms with van der Waals surface area (Å²) in [5.41, 5.74) is -0.600. The van der Waals surface area contributed by atoms with E-state index in [9.17, 15) is 18.0 Å². The van der Waals surface area contributed by atoms with Crippen LogP contribution in [0.15, 0.2) is 48.7 Å². The Morgan fingerprint density at radius 3 is 2.53 bits per heavy atom. The molecule has 1 aromatic heterocycles. The SMILES string of the molecule is O=C(Nc1cccc(C(F)(F)F)c1)c1ccccn1. The van der Waals surface area contributed by atoms with Crippen LogP contribution in [0, 0.1) is 0 Å². The van der Waals surface area contributed by atoms with Crippen molar-refractivity contribution in [1.82, 2.24) is 4.98 Å². The number of carbonyl (C=O) groups is 1. The number of aromatic nitrogens is 1. The van der Waals surface area contributed by atoms with E-state index in [4.69, 9.17) is 0 Å². The molecule has 1 N–H and O–H groups in total. The van der Waals surface area contributed by atoms with Crippen molar-refractivity contribution in [3.63, 3.8) is 0 Å². The normalized spacial score (nSPS) is 11.1. The Morgan fingerprint density at radius 2 is 1.89 bits per heavy atom. The number of carbonyl (C=O) groups excluding carboxylic acids is 1. The van der Waals surface area contributed by atoms with Crippen molar-refractivity contribution in [2.24, 2.45) is 0 Å². The van der Waals surface area contributed by atoms with E-state index in [2.05, 4.69) is 10.3 Å². The summed E-state index contributed by atoms with van der Waals surface area (Å²) in [5.74, 6) is -0.556. The van der Waals surface area contributed by atoms with Crippen molar-refractivity contribution in [3.05, 3.63) is 59.9 Å². The zero-order chi connectivity index (χ0) is 13.9. The van der Waals surface area contributed by atoms with Gasteiger partial charge < -0.3 is 5.32 Å².